The fourth-order valence-corrected chi connectivity index (χ4v) is 1.55. The molecule has 3 amide bonds. The van der Waals surface area contributed by atoms with Gasteiger partial charge in [-0.2, -0.15) is 5.26 Å². The van der Waals surface area contributed by atoms with Gasteiger partial charge in [-0.1, -0.05) is 12.1 Å². The van der Waals surface area contributed by atoms with E-state index in [2.05, 4.69) is 10.6 Å². The van der Waals surface area contributed by atoms with Gasteiger partial charge in [-0.3, -0.25) is 14.9 Å². The van der Waals surface area contributed by atoms with E-state index in [9.17, 15) is 14.4 Å². The van der Waals surface area contributed by atoms with Gasteiger partial charge in [-0.05, 0) is 24.1 Å². The second-order valence-electron chi connectivity index (χ2n) is 4.28. The molecule has 7 nitrogen and oxygen atoms in total. The summed E-state index contributed by atoms with van der Waals surface area (Å²) in [7, 11) is 0. The third-order valence-electron chi connectivity index (χ3n) is 2.54. The second kappa shape index (κ2) is 8.32. The van der Waals surface area contributed by atoms with Crippen LogP contribution in [0.15, 0.2) is 24.3 Å². The van der Waals surface area contributed by atoms with Gasteiger partial charge in [0.25, 0.3) is 0 Å². The zero-order valence-electron chi connectivity index (χ0n) is 11.3. The largest absolute Gasteiger partial charge is 0.481 e. The summed E-state index contributed by atoms with van der Waals surface area (Å²) in [6.07, 6.45) is 0.321. The number of anilines is 1. The van der Waals surface area contributed by atoms with E-state index in [-0.39, 0.29) is 25.7 Å². The van der Waals surface area contributed by atoms with Crippen molar-refractivity contribution in [2.45, 2.75) is 25.7 Å². The summed E-state index contributed by atoms with van der Waals surface area (Å²) in [5.41, 5.74) is 1.32. The number of hydrogen-bond acceptors (Lipinski definition) is 4. The lowest BCUT2D eigenvalue weighted by molar-refractivity contribution is -0.137. The maximum Gasteiger partial charge on any atom is 0.325 e. The van der Waals surface area contributed by atoms with Gasteiger partial charge >= 0.3 is 12.0 Å². The van der Waals surface area contributed by atoms with Gasteiger partial charge in [-0.25, -0.2) is 4.79 Å². The molecule has 0 saturated carbocycles. The Kier molecular flexibility index (Phi) is 6.41. The number of benzene rings is 1. The fraction of sp³-hybridized carbons (Fsp3) is 0.286. The second-order valence-corrected chi connectivity index (χ2v) is 4.28. The molecule has 3 N–H and O–H groups in total. The smallest absolute Gasteiger partial charge is 0.325 e. The highest BCUT2D eigenvalue weighted by Crippen LogP contribution is 2.09. The molecule has 0 unspecified atom stereocenters. The summed E-state index contributed by atoms with van der Waals surface area (Å²) in [4.78, 5) is 33.2. The molecule has 0 atom stereocenters. The first-order valence-corrected chi connectivity index (χ1v) is 6.30. The van der Waals surface area contributed by atoms with Gasteiger partial charge in [0, 0.05) is 18.5 Å². The monoisotopic (exact) mass is 289 g/mol. The Morgan fingerprint density at radius 2 is 1.81 bits per heavy atom. The Bertz CT molecular complexity index is 561. The predicted molar refractivity (Wildman–Crippen MR) is 74.4 cm³/mol. The van der Waals surface area contributed by atoms with Crippen LogP contribution < -0.4 is 10.6 Å². The normalized spacial score (nSPS) is 9.48. The number of aliphatic carboxylic acids is 1. The van der Waals surface area contributed by atoms with E-state index in [4.69, 9.17) is 10.4 Å². The number of rotatable bonds is 6. The number of nitrogens with zero attached hydrogens (tertiary/aromatic N) is 1. The van der Waals surface area contributed by atoms with E-state index in [0.29, 0.717) is 5.69 Å². The lowest BCUT2D eigenvalue weighted by Crippen LogP contribution is -2.34. The third kappa shape index (κ3) is 6.73. The minimum Gasteiger partial charge on any atom is -0.481 e. The molecule has 0 saturated heterocycles. The molecule has 1 aromatic carbocycles. The molecule has 0 aliphatic rings. The summed E-state index contributed by atoms with van der Waals surface area (Å²) in [5.74, 6) is -1.51. The number of hydrogen-bond donors (Lipinski definition) is 3. The molecule has 0 aliphatic heterocycles. The van der Waals surface area contributed by atoms with E-state index in [1.54, 1.807) is 24.3 Å². The number of carbonyl (C=O) groups is 3. The summed E-state index contributed by atoms with van der Waals surface area (Å²) in [6, 6.07) is 7.99. The van der Waals surface area contributed by atoms with Crippen LogP contribution in [-0.4, -0.2) is 23.0 Å². The van der Waals surface area contributed by atoms with Crippen molar-refractivity contribution in [2.24, 2.45) is 0 Å². The Morgan fingerprint density at radius 3 is 2.38 bits per heavy atom. The van der Waals surface area contributed by atoms with Crippen LogP contribution in [0.5, 0.6) is 0 Å². The van der Waals surface area contributed by atoms with Gasteiger partial charge in [0.05, 0.1) is 12.5 Å². The highest BCUT2D eigenvalue weighted by molar-refractivity contribution is 6.01. The van der Waals surface area contributed by atoms with Crippen molar-refractivity contribution in [1.82, 2.24) is 5.32 Å². The zero-order chi connectivity index (χ0) is 15.7. The quantitative estimate of drug-likeness (QED) is 0.735. The zero-order valence-corrected chi connectivity index (χ0v) is 11.3. The standard InChI is InChI=1S/C14H15N3O4/c15-9-8-10-4-6-11(7-5-10)16-14(21)17-12(18)2-1-3-13(19)20/h4-7H,1-3,8H2,(H,19,20)(H2,16,17,18,21). The number of nitrogens with one attached hydrogen (secondary N) is 2. The van der Waals surface area contributed by atoms with Crippen molar-refractivity contribution in [1.29, 1.82) is 5.26 Å². The molecule has 0 aliphatic carbocycles. The highest BCUT2D eigenvalue weighted by atomic mass is 16.4. The average molecular weight is 289 g/mol. The lowest BCUT2D eigenvalue weighted by atomic mass is 10.1. The maximum absolute atomic E-state index is 11.5. The van der Waals surface area contributed by atoms with Crippen LogP contribution >= 0.6 is 0 Å². The van der Waals surface area contributed by atoms with Crippen molar-refractivity contribution < 1.29 is 19.5 Å². The van der Waals surface area contributed by atoms with E-state index >= 15 is 0 Å². The summed E-state index contributed by atoms with van der Waals surface area (Å²) < 4.78 is 0. The van der Waals surface area contributed by atoms with E-state index in [1.165, 1.54) is 0 Å². The maximum atomic E-state index is 11.5. The van der Waals surface area contributed by atoms with Crippen LogP contribution in [0.1, 0.15) is 24.8 Å². The number of carbonyl (C=O) groups excluding carboxylic acids is 2. The van der Waals surface area contributed by atoms with Crippen LogP contribution in [-0.2, 0) is 16.0 Å². The van der Waals surface area contributed by atoms with Gasteiger partial charge in [0.1, 0.15) is 0 Å². The Labute approximate surface area is 121 Å². The Hall–Kier alpha value is -2.88. The molecule has 1 rings (SSSR count). The molecule has 7 heteroatoms. The van der Waals surface area contributed by atoms with Crippen molar-refractivity contribution in [3.8, 4) is 6.07 Å². The first-order valence-electron chi connectivity index (χ1n) is 6.30. The molecule has 0 spiro atoms. The van der Waals surface area contributed by atoms with Crippen LogP contribution in [0.25, 0.3) is 0 Å². The molecule has 0 radical (unpaired) electrons. The average Bonchev–Trinajstić information content (AvgIpc) is 2.40. The van der Waals surface area contributed by atoms with Gasteiger partial charge in [0.15, 0.2) is 0 Å². The van der Waals surface area contributed by atoms with Crippen LogP contribution in [0, 0.1) is 11.3 Å². The van der Waals surface area contributed by atoms with Gasteiger partial charge < -0.3 is 10.4 Å². The van der Waals surface area contributed by atoms with E-state index < -0.39 is 17.9 Å². The van der Waals surface area contributed by atoms with Gasteiger partial charge in [-0.15, -0.1) is 0 Å². The van der Waals surface area contributed by atoms with Gasteiger partial charge in [0.2, 0.25) is 5.91 Å². The predicted octanol–water partition coefficient (Wildman–Crippen LogP) is 1.66. The molecule has 110 valence electrons. The van der Waals surface area contributed by atoms with Crippen LogP contribution in [0.4, 0.5) is 10.5 Å². The van der Waals surface area contributed by atoms with Crippen molar-refractivity contribution in [3.63, 3.8) is 0 Å². The van der Waals surface area contributed by atoms with Crippen LogP contribution in [0.3, 0.4) is 0 Å². The lowest BCUT2D eigenvalue weighted by Gasteiger charge is -2.06. The number of nitriles is 1. The van der Waals surface area contributed by atoms with Crippen molar-refractivity contribution >= 4 is 23.6 Å². The van der Waals surface area contributed by atoms with E-state index in [0.717, 1.165) is 5.56 Å². The summed E-state index contributed by atoms with van der Waals surface area (Å²) >= 11 is 0. The molecule has 1 aromatic rings. The molecular formula is C14H15N3O4. The minimum atomic E-state index is -0.982. The van der Waals surface area contributed by atoms with Crippen molar-refractivity contribution in [3.05, 3.63) is 29.8 Å². The fourth-order valence-electron chi connectivity index (χ4n) is 1.55. The molecule has 0 aromatic heterocycles. The van der Waals surface area contributed by atoms with Crippen LogP contribution in [0.2, 0.25) is 0 Å². The number of imide groups is 1. The topological polar surface area (TPSA) is 119 Å². The van der Waals surface area contributed by atoms with E-state index in [1.807, 2.05) is 6.07 Å². The minimum absolute atomic E-state index is 0.0270. The molecule has 0 bridgehead atoms. The first-order chi connectivity index (χ1) is 10.0. The summed E-state index contributed by atoms with van der Waals surface area (Å²) in [5, 5.41) is 21.5. The SMILES string of the molecule is N#CCc1ccc(NC(=O)NC(=O)CCCC(=O)O)cc1. The highest BCUT2D eigenvalue weighted by Gasteiger charge is 2.08. The molecule has 21 heavy (non-hydrogen) atoms. The first kappa shape index (κ1) is 16.2. The third-order valence-corrected chi connectivity index (χ3v) is 2.54. The molecule has 0 fully saturated rings. The van der Waals surface area contributed by atoms with Crippen molar-refractivity contribution in [2.75, 3.05) is 5.32 Å². The molecular weight excluding hydrogens is 274 g/mol. The number of carboxylic acid groups (broad SMARTS) is 1. The number of amides is 3. The Morgan fingerprint density at radius 1 is 1.14 bits per heavy atom. The molecule has 0 heterocycles. The Balaban J connectivity index is 2.37. The number of carboxylic acids is 1. The number of urea groups is 1. The summed E-state index contributed by atoms with van der Waals surface area (Å²) in [6.45, 7) is 0.